The summed E-state index contributed by atoms with van der Waals surface area (Å²) >= 11 is 0. The minimum Gasteiger partial charge on any atom is -0.481 e. The second-order valence-electron chi connectivity index (χ2n) is 16.0. The van der Waals surface area contributed by atoms with E-state index in [4.69, 9.17) is 0 Å². The van der Waals surface area contributed by atoms with Gasteiger partial charge in [0, 0.05) is 18.5 Å². The maximum Gasteiger partial charge on any atom is 0.304 e. The first-order chi connectivity index (χ1) is 19.2. The average Bonchev–Trinajstić information content (AvgIpc) is 3.31. The van der Waals surface area contributed by atoms with E-state index in [1.165, 1.54) is 68.9 Å². The third-order valence-corrected chi connectivity index (χ3v) is 14.2. The van der Waals surface area contributed by atoms with Crippen molar-refractivity contribution in [2.45, 2.75) is 137 Å². The standard InChI is InChI=1S/C36H57NO4/c1-7-9-24(11-14-30(38)39)25-15-19-33(4)28(32(25,2)3)16-20-35(6)29(33)13-12-26-27-10-8-18-36(27,22-21-34(26,35)5)37-23-17-31(40)41/h9,15,26-29,37H,7-8,10-14,16-23H2,1-6H3,(H,38,39)(H,40,41)/b24-9+/t26?,27-,28?,29?,33?,34-,35?,36?/m1/s1. The Bertz CT molecular complexity index is 1110. The number of carbonyl (C=O) groups is 2. The van der Waals surface area contributed by atoms with Crippen LogP contribution in [-0.4, -0.2) is 34.2 Å². The lowest BCUT2D eigenvalue weighted by atomic mass is 9.33. The van der Waals surface area contributed by atoms with E-state index >= 15 is 0 Å². The van der Waals surface area contributed by atoms with Crippen molar-refractivity contribution < 1.29 is 19.8 Å². The molecule has 8 atom stereocenters. The largest absolute Gasteiger partial charge is 0.481 e. The molecule has 4 fully saturated rings. The number of aliphatic carboxylic acids is 2. The van der Waals surface area contributed by atoms with E-state index in [0.717, 1.165) is 18.8 Å². The molecule has 5 rings (SSSR count). The highest BCUT2D eigenvalue weighted by Crippen LogP contribution is 2.76. The molecule has 0 aliphatic heterocycles. The zero-order valence-corrected chi connectivity index (χ0v) is 26.8. The Labute approximate surface area is 249 Å². The summed E-state index contributed by atoms with van der Waals surface area (Å²) in [6, 6.07) is 0. The summed E-state index contributed by atoms with van der Waals surface area (Å²) in [6.07, 6.45) is 19.3. The zero-order valence-electron chi connectivity index (χ0n) is 26.8. The number of carboxylic acid groups (broad SMARTS) is 2. The topological polar surface area (TPSA) is 86.6 Å². The van der Waals surface area contributed by atoms with Crippen molar-refractivity contribution in [3.8, 4) is 0 Å². The van der Waals surface area contributed by atoms with Crippen LogP contribution in [0.25, 0.3) is 0 Å². The van der Waals surface area contributed by atoms with Crippen molar-refractivity contribution in [3.63, 3.8) is 0 Å². The predicted molar refractivity (Wildman–Crippen MR) is 165 cm³/mol. The van der Waals surface area contributed by atoms with Gasteiger partial charge in [-0.3, -0.25) is 9.59 Å². The lowest BCUT2D eigenvalue weighted by Crippen LogP contribution is -2.67. The summed E-state index contributed by atoms with van der Waals surface area (Å²) in [4.78, 5) is 22.7. The van der Waals surface area contributed by atoms with Gasteiger partial charge >= 0.3 is 11.9 Å². The molecule has 0 spiro atoms. The van der Waals surface area contributed by atoms with Gasteiger partial charge in [-0.25, -0.2) is 0 Å². The van der Waals surface area contributed by atoms with Crippen molar-refractivity contribution in [1.29, 1.82) is 0 Å². The first-order valence-corrected chi connectivity index (χ1v) is 16.8. The highest BCUT2D eigenvalue weighted by Gasteiger charge is 2.69. The second-order valence-corrected chi connectivity index (χ2v) is 16.0. The van der Waals surface area contributed by atoms with Gasteiger partial charge in [0.05, 0.1) is 6.42 Å². The second kappa shape index (κ2) is 10.8. The van der Waals surface area contributed by atoms with E-state index < -0.39 is 11.9 Å². The number of carboxylic acids is 2. The third-order valence-electron chi connectivity index (χ3n) is 14.2. The molecule has 0 aromatic rings. The Morgan fingerprint density at radius 1 is 0.854 bits per heavy atom. The van der Waals surface area contributed by atoms with Gasteiger partial charge < -0.3 is 15.5 Å². The van der Waals surface area contributed by atoms with Gasteiger partial charge in [-0.1, -0.05) is 60.1 Å². The summed E-state index contributed by atoms with van der Waals surface area (Å²) in [7, 11) is 0. The van der Waals surface area contributed by atoms with E-state index in [1.807, 2.05) is 0 Å². The van der Waals surface area contributed by atoms with Crippen molar-refractivity contribution >= 4 is 11.9 Å². The van der Waals surface area contributed by atoms with Gasteiger partial charge in [0.1, 0.15) is 0 Å². The fourth-order valence-corrected chi connectivity index (χ4v) is 12.3. The maximum absolute atomic E-state index is 11.5. The van der Waals surface area contributed by atoms with Crippen LogP contribution < -0.4 is 5.32 Å². The lowest BCUT2D eigenvalue weighted by Gasteiger charge is -2.72. The summed E-state index contributed by atoms with van der Waals surface area (Å²) in [5.74, 6) is 1.27. The summed E-state index contributed by atoms with van der Waals surface area (Å²) < 4.78 is 0. The lowest BCUT2D eigenvalue weighted by molar-refractivity contribution is -0.218. The molecule has 0 bridgehead atoms. The smallest absolute Gasteiger partial charge is 0.304 e. The van der Waals surface area contributed by atoms with Gasteiger partial charge in [0.25, 0.3) is 0 Å². The van der Waals surface area contributed by atoms with E-state index in [2.05, 4.69) is 59.0 Å². The van der Waals surface area contributed by atoms with Crippen LogP contribution in [0.15, 0.2) is 23.3 Å². The highest BCUT2D eigenvalue weighted by atomic mass is 16.4. The zero-order chi connectivity index (χ0) is 29.8. The Balaban J connectivity index is 1.43. The van der Waals surface area contributed by atoms with Crippen LogP contribution in [0, 0.1) is 45.3 Å². The van der Waals surface area contributed by atoms with Crippen LogP contribution in [0.2, 0.25) is 0 Å². The molecule has 41 heavy (non-hydrogen) atoms. The normalized spacial score (nSPS) is 43.3. The first kappa shape index (κ1) is 30.8. The van der Waals surface area contributed by atoms with Gasteiger partial charge in [-0.2, -0.15) is 0 Å². The van der Waals surface area contributed by atoms with Crippen LogP contribution in [0.1, 0.15) is 131 Å². The van der Waals surface area contributed by atoms with E-state index in [0.29, 0.717) is 41.5 Å². The number of rotatable bonds is 9. The summed E-state index contributed by atoms with van der Waals surface area (Å²) in [5, 5.41) is 22.5. The monoisotopic (exact) mass is 567 g/mol. The quantitative estimate of drug-likeness (QED) is 0.260. The van der Waals surface area contributed by atoms with Crippen molar-refractivity contribution in [2.24, 2.45) is 45.3 Å². The Morgan fingerprint density at radius 2 is 1.59 bits per heavy atom. The Kier molecular flexibility index (Phi) is 8.14. The summed E-state index contributed by atoms with van der Waals surface area (Å²) in [6.45, 7) is 15.6. The fourth-order valence-electron chi connectivity index (χ4n) is 12.3. The van der Waals surface area contributed by atoms with Crippen LogP contribution >= 0.6 is 0 Å². The van der Waals surface area contributed by atoms with Crippen LogP contribution in [0.5, 0.6) is 0 Å². The van der Waals surface area contributed by atoms with Crippen LogP contribution in [-0.2, 0) is 9.59 Å². The molecular weight excluding hydrogens is 510 g/mol. The van der Waals surface area contributed by atoms with Gasteiger partial charge in [-0.05, 0) is 127 Å². The van der Waals surface area contributed by atoms with Crippen LogP contribution in [0.4, 0.5) is 0 Å². The number of hydrogen-bond donors (Lipinski definition) is 3. The van der Waals surface area contributed by atoms with Crippen molar-refractivity contribution in [2.75, 3.05) is 6.54 Å². The number of fused-ring (bicyclic) bond motifs is 7. The third kappa shape index (κ3) is 4.75. The molecular formula is C36H57NO4. The molecule has 0 heterocycles. The first-order valence-electron chi connectivity index (χ1n) is 16.8. The number of nitrogens with one attached hydrogen (secondary N) is 1. The number of allylic oxidation sites excluding steroid dienone is 4. The molecule has 0 aromatic heterocycles. The molecule has 0 radical (unpaired) electrons. The van der Waals surface area contributed by atoms with Crippen molar-refractivity contribution in [1.82, 2.24) is 5.32 Å². The molecule has 230 valence electrons. The molecule has 4 saturated carbocycles. The van der Waals surface area contributed by atoms with Gasteiger partial charge in [0.15, 0.2) is 0 Å². The maximum atomic E-state index is 11.5. The predicted octanol–water partition coefficient (Wildman–Crippen LogP) is 8.40. The highest BCUT2D eigenvalue weighted by molar-refractivity contribution is 5.67. The Morgan fingerprint density at radius 3 is 2.27 bits per heavy atom. The number of hydrogen-bond acceptors (Lipinski definition) is 3. The average molecular weight is 568 g/mol. The SMILES string of the molecule is CC/C=C(\CCC(=O)O)C1=CCC2(C)C(CCC3(C)C2CCC2[C@H]4CCCC4(NCCC(=O)O)CC[C@]23C)C1(C)C. The Hall–Kier alpha value is -1.62. The molecule has 0 amide bonds. The molecule has 3 N–H and O–H groups in total. The van der Waals surface area contributed by atoms with Crippen molar-refractivity contribution in [3.05, 3.63) is 23.3 Å². The van der Waals surface area contributed by atoms with Gasteiger partial charge in [0.2, 0.25) is 0 Å². The molecule has 0 saturated heterocycles. The molecule has 0 aromatic carbocycles. The van der Waals surface area contributed by atoms with E-state index in [9.17, 15) is 19.8 Å². The molecule has 5 heteroatoms. The molecule has 5 aliphatic rings. The summed E-state index contributed by atoms with van der Waals surface area (Å²) in [5.41, 5.74) is 3.75. The minimum absolute atomic E-state index is 0.0345. The van der Waals surface area contributed by atoms with E-state index in [-0.39, 0.29) is 29.2 Å². The van der Waals surface area contributed by atoms with Gasteiger partial charge in [-0.15, -0.1) is 0 Å². The van der Waals surface area contributed by atoms with Crippen LogP contribution in [0.3, 0.4) is 0 Å². The fraction of sp³-hybridized carbons (Fsp3) is 0.833. The molecule has 6 unspecified atom stereocenters. The van der Waals surface area contributed by atoms with E-state index in [1.54, 1.807) is 0 Å². The molecule has 5 nitrogen and oxygen atoms in total. The molecule has 5 aliphatic carbocycles. The minimum atomic E-state index is -0.708.